The van der Waals surface area contributed by atoms with Crippen molar-refractivity contribution in [1.82, 2.24) is 10.0 Å². The Kier molecular flexibility index (Phi) is 4.83. The van der Waals surface area contributed by atoms with Crippen LogP contribution in [0.3, 0.4) is 0 Å². The quantitative estimate of drug-likeness (QED) is 0.705. The van der Waals surface area contributed by atoms with Crippen LogP contribution in [-0.2, 0) is 14.8 Å². The normalized spacial score (nSPS) is 23.4. The Labute approximate surface area is 146 Å². The summed E-state index contributed by atoms with van der Waals surface area (Å²) >= 11 is 0. The molecule has 2 aliphatic rings. The second-order valence-electron chi connectivity index (χ2n) is 6.89. The number of carboxylic acids is 1. The summed E-state index contributed by atoms with van der Waals surface area (Å²) in [6.45, 7) is 1.74. The molecule has 136 valence electrons. The van der Waals surface area contributed by atoms with E-state index >= 15 is 0 Å². The van der Waals surface area contributed by atoms with E-state index in [-0.39, 0.29) is 22.9 Å². The molecule has 0 heterocycles. The maximum atomic E-state index is 12.5. The molecule has 0 bridgehead atoms. The lowest BCUT2D eigenvalue weighted by Gasteiger charge is -2.15. The fourth-order valence-electron chi connectivity index (χ4n) is 3.10. The van der Waals surface area contributed by atoms with E-state index in [1.165, 1.54) is 12.1 Å². The van der Waals surface area contributed by atoms with Crippen molar-refractivity contribution < 1.29 is 23.1 Å². The molecule has 0 aromatic heterocycles. The van der Waals surface area contributed by atoms with Crippen LogP contribution in [0.4, 0.5) is 0 Å². The smallest absolute Gasteiger partial charge is 0.306 e. The second-order valence-corrected chi connectivity index (χ2v) is 8.60. The Morgan fingerprint density at radius 1 is 1.12 bits per heavy atom. The van der Waals surface area contributed by atoms with Gasteiger partial charge < -0.3 is 10.4 Å². The summed E-state index contributed by atoms with van der Waals surface area (Å²) in [6.07, 6.45) is 3.24. The number of sulfonamides is 1. The Hall–Kier alpha value is -1.93. The molecule has 0 aliphatic heterocycles. The number of hydrogen-bond acceptors (Lipinski definition) is 4. The fraction of sp³-hybridized carbons (Fsp3) is 0.529. The van der Waals surface area contributed by atoms with Gasteiger partial charge in [0.25, 0.3) is 5.91 Å². The van der Waals surface area contributed by atoms with Crippen molar-refractivity contribution in [2.24, 2.45) is 5.92 Å². The van der Waals surface area contributed by atoms with E-state index in [0.717, 1.165) is 12.8 Å². The molecule has 2 atom stereocenters. The molecule has 2 saturated carbocycles. The number of amides is 1. The maximum absolute atomic E-state index is 12.5. The van der Waals surface area contributed by atoms with Gasteiger partial charge in [-0.05, 0) is 56.7 Å². The lowest BCUT2D eigenvalue weighted by atomic mass is 10.1. The SMILES string of the molecule is Cc1ccc(S(=O)(=O)NC2CC2)cc1C(=O)N[C@@H]1CC[C@H](C(=O)O)C1. The topological polar surface area (TPSA) is 113 Å². The fourth-order valence-corrected chi connectivity index (χ4v) is 4.43. The first-order chi connectivity index (χ1) is 11.8. The van der Waals surface area contributed by atoms with Crippen LogP contribution in [-0.4, -0.2) is 37.5 Å². The molecule has 2 aliphatic carbocycles. The molecule has 0 saturated heterocycles. The Morgan fingerprint density at radius 3 is 2.40 bits per heavy atom. The van der Waals surface area contributed by atoms with Gasteiger partial charge in [0.1, 0.15) is 0 Å². The van der Waals surface area contributed by atoms with Crippen LogP contribution in [0.2, 0.25) is 0 Å². The molecule has 0 spiro atoms. The zero-order chi connectivity index (χ0) is 18.2. The van der Waals surface area contributed by atoms with E-state index in [2.05, 4.69) is 10.0 Å². The predicted octanol–water partition coefficient (Wildman–Crippen LogP) is 1.42. The van der Waals surface area contributed by atoms with Gasteiger partial charge in [-0.25, -0.2) is 13.1 Å². The maximum Gasteiger partial charge on any atom is 0.306 e. The summed E-state index contributed by atoms with van der Waals surface area (Å²) in [5, 5.41) is 11.9. The highest BCUT2D eigenvalue weighted by Gasteiger charge is 2.31. The summed E-state index contributed by atoms with van der Waals surface area (Å²) in [6, 6.07) is 4.30. The summed E-state index contributed by atoms with van der Waals surface area (Å²) in [5.41, 5.74) is 0.980. The van der Waals surface area contributed by atoms with Crippen LogP contribution in [0.15, 0.2) is 23.1 Å². The first-order valence-corrected chi connectivity index (χ1v) is 9.91. The number of nitrogens with one attached hydrogen (secondary N) is 2. The van der Waals surface area contributed by atoms with Gasteiger partial charge in [-0.15, -0.1) is 0 Å². The molecule has 1 amide bonds. The molecule has 1 aromatic carbocycles. The molecule has 0 unspecified atom stereocenters. The van der Waals surface area contributed by atoms with Crippen molar-refractivity contribution in [2.75, 3.05) is 0 Å². The molecule has 3 N–H and O–H groups in total. The van der Waals surface area contributed by atoms with E-state index in [1.807, 2.05) is 0 Å². The third-order valence-corrected chi connectivity index (χ3v) is 6.30. The Morgan fingerprint density at radius 2 is 1.80 bits per heavy atom. The highest BCUT2D eigenvalue weighted by molar-refractivity contribution is 7.89. The number of rotatable bonds is 6. The number of carboxylic acid groups (broad SMARTS) is 1. The van der Waals surface area contributed by atoms with Gasteiger partial charge in [-0.3, -0.25) is 9.59 Å². The van der Waals surface area contributed by atoms with Gasteiger partial charge in [0, 0.05) is 17.6 Å². The minimum atomic E-state index is -3.62. The number of aryl methyl sites for hydroxylation is 1. The minimum Gasteiger partial charge on any atom is -0.481 e. The lowest BCUT2D eigenvalue weighted by molar-refractivity contribution is -0.141. The highest BCUT2D eigenvalue weighted by atomic mass is 32.2. The van der Waals surface area contributed by atoms with Crippen molar-refractivity contribution in [2.45, 2.75) is 56.0 Å². The van der Waals surface area contributed by atoms with Gasteiger partial charge in [0.05, 0.1) is 10.8 Å². The molecule has 3 rings (SSSR count). The van der Waals surface area contributed by atoms with E-state index in [0.29, 0.717) is 30.4 Å². The summed E-state index contributed by atoms with van der Waals surface area (Å²) < 4.78 is 27.2. The molecule has 7 nitrogen and oxygen atoms in total. The van der Waals surface area contributed by atoms with Crippen molar-refractivity contribution in [3.8, 4) is 0 Å². The van der Waals surface area contributed by atoms with Crippen molar-refractivity contribution in [3.05, 3.63) is 29.3 Å². The van der Waals surface area contributed by atoms with Crippen molar-refractivity contribution in [1.29, 1.82) is 0 Å². The number of carbonyl (C=O) groups excluding carboxylic acids is 1. The van der Waals surface area contributed by atoms with Crippen LogP contribution in [0.5, 0.6) is 0 Å². The molecule has 0 radical (unpaired) electrons. The zero-order valence-electron chi connectivity index (χ0n) is 14.0. The van der Waals surface area contributed by atoms with Gasteiger partial charge in [-0.1, -0.05) is 6.07 Å². The van der Waals surface area contributed by atoms with Gasteiger partial charge in [-0.2, -0.15) is 0 Å². The molecular weight excluding hydrogens is 344 g/mol. The van der Waals surface area contributed by atoms with Crippen LogP contribution < -0.4 is 10.0 Å². The monoisotopic (exact) mass is 366 g/mol. The van der Waals surface area contributed by atoms with Gasteiger partial charge in [0.2, 0.25) is 10.0 Å². The van der Waals surface area contributed by atoms with Crippen LogP contribution in [0.25, 0.3) is 0 Å². The third kappa shape index (κ3) is 4.19. The van der Waals surface area contributed by atoms with Crippen LogP contribution in [0.1, 0.15) is 48.0 Å². The van der Waals surface area contributed by atoms with E-state index in [1.54, 1.807) is 13.0 Å². The number of hydrogen-bond donors (Lipinski definition) is 3. The van der Waals surface area contributed by atoms with Crippen molar-refractivity contribution >= 4 is 21.9 Å². The van der Waals surface area contributed by atoms with E-state index < -0.39 is 21.9 Å². The highest BCUT2D eigenvalue weighted by Crippen LogP contribution is 2.27. The molecular formula is C17H22N2O5S. The Balaban J connectivity index is 1.74. The standard InChI is InChI=1S/C17H22N2O5S/c1-10-2-7-14(25(23,24)19-12-5-6-12)9-15(10)16(20)18-13-4-3-11(8-13)17(21)22/h2,7,9,11-13,19H,3-6,8H2,1H3,(H,18,20)(H,21,22)/t11-,13+/m0/s1. The minimum absolute atomic E-state index is 0.00461. The summed E-state index contributed by atoms with van der Waals surface area (Å²) in [7, 11) is -3.62. The largest absolute Gasteiger partial charge is 0.481 e. The second kappa shape index (κ2) is 6.76. The summed E-state index contributed by atoms with van der Waals surface area (Å²) in [5.74, 6) is -1.63. The molecule has 8 heteroatoms. The zero-order valence-corrected chi connectivity index (χ0v) is 14.8. The third-order valence-electron chi connectivity index (χ3n) is 4.78. The van der Waals surface area contributed by atoms with Gasteiger partial charge in [0.15, 0.2) is 0 Å². The van der Waals surface area contributed by atoms with E-state index in [4.69, 9.17) is 5.11 Å². The molecule has 2 fully saturated rings. The van der Waals surface area contributed by atoms with Crippen LogP contribution >= 0.6 is 0 Å². The van der Waals surface area contributed by atoms with Crippen molar-refractivity contribution in [3.63, 3.8) is 0 Å². The number of carbonyl (C=O) groups is 2. The number of benzene rings is 1. The predicted molar refractivity (Wildman–Crippen MR) is 90.8 cm³/mol. The molecule has 1 aromatic rings. The average Bonchev–Trinajstić information content (AvgIpc) is 3.21. The summed E-state index contributed by atoms with van der Waals surface area (Å²) in [4.78, 5) is 23.6. The van der Waals surface area contributed by atoms with E-state index in [9.17, 15) is 18.0 Å². The van der Waals surface area contributed by atoms with Crippen LogP contribution in [0, 0.1) is 12.8 Å². The Bertz CT molecular complexity index is 801. The lowest BCUT2D eigenvalue weighted by Crippen LogP contribution is -2.34. The first-order valence-electron chi connectivity index (χ1n) is 8.43. The average molecular weight is 366 g/mol. The first kappa shape index (κ1) is 17.9. The number of aliphatic carboxylic acids is 1. The van der Waals surface area contributed by atoms with Gasteiger partial charge >= 0.3 is 5.97 Å². The molecule has 25 heavy (non-hydrogen) atoms.